The lowest BCUT2D eigenvalue weighted by Crippen LogP contribution is -2.50. The normalized spacial score (nSPS) is 15.2. The van der Waals surface area contributed by atoms with E-state index < -0.39 is 10.0 Å². The first-order chi connectivity index (χ1) is 13.5. The molecule has 0 aliphatic carbocycles. The van der Waals surface area contributed by atoms with Crippen molar-refractivity contribution in [3.63, 3.8) is 0 Å². The average molecular weight is 405 g/mol. The Kier molecular flexibility index (Phi) is 6.42. The zero-order valence-electron chi connectivity index (χ0n) is 15.6. The number of hydrogen-bond acceptors (Lipinski definition) is 7. The van der Waals surface area contributed by atoms with Gasteiger partial charge in [0.25, 0.3) is 5.91 Å². The number of hydrogen-bond donors (Lipinski definition) is 1. The lowest BCUT2D eigenvalue weighted by atomic mass is 10.2. The van der Waals surface area contributed by atoms with Crippen molar-refractivity contribution in [1.29, 1.82) is 0 Å². The van der Waals surface area contributed by atoms with Crippen LogP contribution in [0, 0.1) is 0 Å². The number of nitrogens with one attached hydrogen (secondary N) is 1. The molecule has 28 heavy (non-hydrogen) atoms. The highest BCUT2D eigenvalue weighted by molar-refractivity contribution is 7.89. The second-order valence-electron chi connectivity index (χ2n) is 6.24. The summed E-state index contributed by atoms with van der Waals surface area (Å²) in [6.45, 7) is 1.83. The molecule has 0 radical (unpaired) electrons. The third-order valence-corrected chi connectivity index (χ3v) is 6.32. The fourth-order valence-electron chi connectivity index (χ4n) is 2.91. The first-order valence-electron chi connectivity index (χ1n) is 8.91. The number of methoxy groups -OCH3 is 1. The maximum Gasteiger partial charge on any atom is 0.251 e. The number of piperazine rings is 1. The van der Waals surface area contributed by atoms with Crippen LogP contribution in [-0.2, 0) is 10.0 Å². The molecule has 10 heteroatoms. The van der Waals surface area contributed by atoms with Crippen LogP contribution in [0.5, 0.6) is 5.75 Å². The van der Waals surface area contributed by atoms with Crippen molar-refractivity contribution >= 4 is 21.9 Å². The number of rotatable bonds is 7. The summed E-state index contributed by atoms with van der Waals surface area (Å²) >= 11 is 0. The van der Waals surface area contributed by atoms with Gasteiger partial charge in [-0.2, -0.15) is 4.31 Å². The highest BCUT2D eigenvalue weighted by Crippen LogP contribution is 2.14. The van der Waals surface area contributed by atoms with E-state index in [9.17, 15) is 13.2 Å². The molecule has 0 bridgehead atoms. The van der Waals surface area contributed by atoms with E-state index in [0.717, 1.165) is 0 Å². The Morgan fingerprint density at radius 1 is 1.14 bits per heavy atom. The molecule has 3 rings (SSSR count). The molecule has 1 aromatic carbocycles. The molecule has 0 atom stereocenters. The van der Waals surface area contributed by atoms with E-state index in [1.807, 2.05) is 4.90 Å². The monoisotopic (exact) mass is 405 g/mol. The molecule has 0 spiro atoms. The molecule has 1 saturated heterocycles. The Balaban J connectivity index is 1.48. The average Bonchev–Trinajstić information content (AvgIpc) is 2.74. The second-order valence-corrected chi connectivity index (χ2v) is 8.33. The first-order valence-corrected chi connectivity index (χ1v) is 10.5. The summed E-state index contributed by atoms with van der Waals surface area (Å²) in [5, 5.41) is 2.65. The molecular formula is C18H23N5O4S. The predicted octanol–water partition coefficient (Wildman–Crippen LogP) is 0.367. The number of carbonyl (C=O) groups is 1. The SMILES string of the molecule is COc1cccc(C(=O)NCCS(=O)(=O)N2CCN(c3ncccn3)CC2)c1. The highest BCUT2D eigenvalue weighted by atomic mass is 32.2. The van der Waals surface area contributed by atoms with Crippen LogP contribution in [0.15, 0.2) is 42.7 Å². The molecule has 1 aromatic heterocycles. The minimum absolute atomic E-state index is 0.0421. The van der Waals surface area contributed by atoms with E-state index >= 15 is 0 Å². The minimum atomic E-state index is -3.45. The van der Waals surface area contributed by atoms with Crippen molar-refractivity contribution in [3.8, 4) is 5.75 Å². The minimum Gasteiger partial charge on any atom is -0.497 e. The molecule has 1 N–H and O–H groups in total. The van der Waals surface area contributed by atoms with Gasteiger partial charge in [0.15, 0.2) is 0 Å². The van der Waals surface area contributed by atoms with Gasteiger partial charge in [0.05, 0.1) is 12.9 Å². The van der Waals surface area contributed by atoms with E-state index in [2.05, 4.69) is 15.3 Å². The Morgan fingerprint density at radius 3 is 2.54 bits per heavy atom. The van der Waals surface area contributed by atoms with Crippen molar-refractivity contribution in [2.24, 2.45) is 0 Å². The van der Waals surface area contributed by atoms with Gasteiger partial charge in [-0.1, -0.05) is 6.07 Å². The lowest BCUT2D eigenvalue weighted by molar-refractivity contribution is 0.0955. The lowest BCUT2D eigenvalue weighted by Gasteiger charge is -2.33. The molecule has 1 fully saturated rings. The van der Waals surface area contributed by atoms with Gasteiger partial charge in [0, 0.05) is 50.7 Å². The fraction of sp³-hybridized carbons (Fsp3) is 0.389. The van der Waals surface area contributed by atoms with Crippen LogP contribution in [0.1, 0.15) is 10.4 Å². The summed E-state index contributed by atoms with van der Waals surface area (Å²) < 4.78 is 31.6. The van der Waals surface area contributed by atoms with Crippen LogP contribution in [0.4, 0.5) is 5.95 Å². The van der Waals surface area contributed by atoms with Gasteiger partial charge >= 0.3 is 0 Å². The Hall–Kier alpha value is -2.72. The Labute approximate surface area is 164 Å². The second kappa shape index (κ2) is 8.98. The van der Waals surface area contributed by atoms with Crippen LogP contribution >= 0.6 is 0 Å². The van der Waals surface area contributed by atoms with Crippen molar-refractivity contribution < 1.29 is 17.9 Å². The van der Waals surface area contributed by atoms with Crippen molar-refractivity contribution in [2.75, 3.05) is 50.5 Å². The standard InChI is InChI=1S/C18H23N5O4S/c1-27-16-5-2-4-15(14-16)17(24)19-8-13-28(25,26)23-11-9-22(10-12-23)18-20-6-3-7-21-18/h2-7,14H,8-13H2,1H3,(H,19,24). The van der Waals surface area contributed by atoms with E-state index in [1.54, 1.807) is 42.7 Å². The quantitative estimate of drug-likeness (QED) is 0.709. The maximum atomic E-state index is 12.6. The number of ether oxygens (including phenoxy) is 1. The van der Waals surface area contributed by atoms with Crippen LogP contribution in [0.25, 0.3) is 0 Å². The number of carbonyl (C=O) groups excluding carboxylic acids is 1. The van der Waals surface area contributed by atoms with E-state index in [0.29, 0.717) is 43.4 Å². The van der Waals surface area contributed by atoms with E-state index in [1.165, 1.54) is 11.4 Å². The Bertz CT molecular complexity index is 899. The predicted molar refractivity (Wildman–Crippen MR) is 105 cm³/mol. The largest absolute Gasteiger partial charge is 0.497 e. The summed E-state index contributed by atoms with van der Waals surface area (Å²) in [6, 6.07) is 8.44. The Morgan fingerprint density at radius 2 is 1.86 bits per heavy atom. The van der Waals surface area contributed by atoms with Gasteiger partial charge in [-0.3, -0.25) is 4.79 Å². The summed E-state index contributed by atoms with van der Waals surface area (Å²) in [6.07, 6.45) is 3.33. The molecular weight excluding hydrogens is 382 g/mol. The number of anilines is 1. The van der Waals surface area contributed by atoms with Crippen LogP contribution in [-0.4, -0.2) is 74.2 Å². The van der Waals surface area contributed by atoms with Crippen LogP contribution in [0.2, 0.25) is 0 Å². The molecule has 2 aromatic rings. The summed E-state index contributed by atoms with van der Waals surface area (Å²) in [4.78, 5) is 22.5. The molecule has 1 amide bonds. The zero-order chi connectivity index (χ0) is 20.0. The van der Waals surface area contributed by atoms with Gasteiger partial charge in [0.1, 0.15) is 5.75 Å². The van der Waals surface area contributed by atoms with Gasteiger partial charge in [-0.25, -0.2) is 18.4 Å². The summed E-state index contributed by atoms with van der Waals surface area (Å²) in [5.74, 6) is 0.690. The molecule has 0 unspecified atom stereocenters. The topological polar surface area (TPSA) is 105 Å². The maximum absolute atomic E-state index is 12.6. The number of sulfonamides is 1. The van der Waals surface area contributed by atoms with Crippen molar-refractivity contribution in [1.82, 2.24) is 19.6 Å². The summed E-state index contributed by atoms with van der Waals surface area (Å²) in [7, 11) is -1.93. The summed E-state index contributed by atoms with van der Waals surface area (Å²) in [5.41, 5.74) is 0.424. The molecule has 1 aliphatic heterocycles. The van der Waals surface area contributed by atoms with Gasteiger partial charge in [-0.15, -0.1) is 0 Å². The molecule has 2 heterocycles. The molecule has 1 aliphatic rings. The molecule has 0 saturated carbocycles. The van der Waals surface area contributed by atoms with Crippen LogP contribution in [0.3, 0.4) is 0 Å². The number of amides is 1. The number of benzene rings is 1. The molecule has 150 valence electrons. The molecule has 9 nitrogen and oxygen atoms in total. The van der Waals surface area contributed by atoms with Gasteiger partial charge in [0.2, 0.25) is 16.0 Å². The number of aromatic nitrogens is 2. The smallest absolute Gasteiger partial charge is 0.251 e. The fourth-order valence-corrected chi connectivity index (χ4v) is 4.25. The first kappa shape index (κ1) is 20.0. The van der Waals surface area contributed by atoms with Crippen LogP contribution < -0.4 is 15.0 Å². The third-order valence-electron chi connectivity index (χ3n) is 4.44. The van der Waals surface area contributed by atoms with Gasteiger partial charge < -0.3 is 15.0 Å². The van der Waals surface area contributed by atoms with E-state index in [-0.39, 0.29) is 18.2 Å². The van der Waals surface area contributed by atoms with Crippen molar-refractivity contribution in [3.05, 3.63) is 48.3 Å². The van der Waals surface area contributed by atoms with E-state index in [4.69, 9.17) is 4.74 Å². The number of nitrogens with zero attached hydrogens (tertiary/aromatic N) is 4. The zero-order valence-corrected chi connectivity index (χ0v) is 16.4. The van der Waals surface area contributed by atoms with Crippen molar-refractivity contribution in [2.45, 2.75) is 0 Å². The highest BCUT2D eigenvalue weighted by Gasteiger charge is 2.27. The van der Waals surface area contributed by atoms with Gasteiger partial charge in [-0.05, 0) is 24.3 Å². The third kappa shape index (κ3) is 4.96.